The van der Waals surface area contributed by atoms with Crippen LogP contribution in [0.15, 0.2) is 28.7 Å². The monoisotopic (exact) mass is 385 g/mol. The van der Waals surface area contributed by atoms with E-state index in [-0.39, 0.29) is 29.1 Å². The second-order valence-electron chi connectivity index (χ2n) is 5.17. The molecule has 1 saturated heterocycles. The Hall–Kier alpha value is -1.34. The lowest BCUT2D eigenvalue weighted by Gasteiger charge is -2.24. The van der Waals surface area contributed by atoms with Gasteiger partial charge in [-0.25, -0.2) is 4.79 Å². The van der Waals surface area contributed by atoms with Gasteiger partial charge >= 0.3 is 5.97 Å². The molecule has 1 aliphatic rings. The third-order valence-corrected chi connectivity index (χ3v) is 4.97. The molecule has 118 valence electrons. The summed E-state index contributed by atoms with van der Waals surface area (Å²) < 4.78 is 0.915. The minimum Gasteiger partial charge on any atom is -0.480 e. The van der Waals surface area contributed by atoms with E-state index in [1.807, 2.05) is 24.3 Å². The summed E-state index contributed by atoms with van der Waals surface area (Å²) in [6.07, 6.45) is 0.472. The third-order valence-electron chi connectivity index (χ3n) is 3.46. The van der Waals surface area contributed by atoms with Gasteiger partial charge in [-0.1, -0.05) is 39.8 Å². The number of carbonyl (C=O) groups excluding carboxylic acids is 2. The molecule has 1 unspecified atom stereocenters. The topological polar surface area (TPSA) is 74.7 Å². The molecule has 0 radical (unpaired) electrons. The Balaban J connectivity index is 2.11. The summed E-state index contributed by atoms with van der Waals surface area (Å²) in [4.78, 5) is 36.2. The fourth-order valence-electron chi connectivity index (χ4n) is 2.49. The van der Waals surface area contributed by atoms with Crippen molar-refractivity contribution < 1.29 is 19.5 Å². The molecule has 1 aromatic carbocycles. The molecule has 22 heavy (non-hydrogen) atoms. The largest absolute Gasteiger partial charge is 0.480 e. The Morgan fingerprint density at radius 1 is 1.41 bits per heavy atom. The van der Waals surface area contributed by atoms with Gasteiger partial charge in [-0.3, -0.25) is 9.59 Å². The lowest BCUT2D eigenvalue weighted by atomic mass is 10.1. The van der Waals surface area contributed by atoms with Gasteiger partial charge in [-0.15, -0.1) is 0 Å². The lowest BCUT2D eigenvalue weighted by Crippen LogP contribution is -2.43. The van der Waals surface area contributed by atoms with Gasteiger partial charge in [0, 0.05) is 36.0 Å². The van der Waals surface area contributed by atoms with Crippen LogP contribution in [-0.4, -0.2) is 44.8 Å². The summed E-state index contributed by atoms with van der Waals surface area (Å²) in [6, 6.07) is 6.46. The van der Waals surface area contributed by atoms with E-state index in [0.717, 1.165) is 21.8 Å². The first-order valence-corrected chi connectivity index (χ1v) is 8.48. The van der Waals surface area contributed by atoms with Gasteiger partial charge < -0.3 is 10.0 Å². The van der Waals surface area contributed by atoms with Crippen LogP contribution in [0.25, 0.3) is 0 Å². The Kier molecular flexibility index (Phi) is 5.63. The molecule has 1 fully saturated rings. The van der Waals surface area contributed by atoms with Crippen LogP contribution in [0.4, 0.5) is 0 Å². The van der Waals surface area contributed by atoms with Crippen LogP contribution in [0.1, 0.15) is 18.9 Å². The Labute approximate surface area is 141 Å². The zero-order chi connectivity index (χ0) is 16.3. The van der Waals surface area contributed by atoms with Gasteiger partial charge in [-0.2, -0.15) is 0 Å². The van der Waals surface area contributed by atoms with Crippen molar-refractivity contribution in [3.05, 3.63) is 34.3 Å². The molecule has 7 heteroatoms. The van der Waals surface area contributed by atoms with Crippen molar-refractivity contribution in [3.8, 4) is 0 Å². The van der Waals surface area contributed by atoms with Crippen molar-refractivity contribution in [1.29, 1.82) is 0 Å². The molecule has 0 bridgehead atoms. The zero-order valence-corrected chi connectivity index (χ0v) is 14.4. The summed E-state index contributed by atoms with van der Waals surface area (Å²) in [5.74, 6) is -1.23. The lowest BCUT2D eigenvalue weighted by molar-refractivity contribution is -0.148. The maximum atomic E-state index is 12.1. The second-order valence-corrected chi connectivity index (χ2v) is 7.56. The molecule has 2 rings (SSSR count). The molecule has 5 nitrogen and oxygen atoms in total. The van der Waals surface area contributed by atoms with E-state index in [2.05, 4.69) is 15.9 Å². The highest BCUT2D eigenvalue weighted by molar-refractivity contribution is 9.10. The average Bonchev–Trinajstić information content (AvgIpc) is 2.77. The van der Waals surface area contributed by atoms with Gasteiger partial charge in [0.1, 0.15) is 6.04 Å². The van der Waals surface area contributed by atoms with Crippen LogP contribution >= 0.6 is 27.7 Å². The van der Waals surface area contributed by atoms with Crippen molar-refractivity contribution >= 4 is 44.7 Å². The summed E-state index contributed by atoms with van der Waals surface area (Å²) in [6.45, 7) is 1.75. The van der Waals surface area contributed by atoms with Gasteiger partial charge in [0.25, 0.3) is 0 Å². The number of hydrogen-bond acceptors (Lipinski definition) is 4. The van der Waals surface area contributed by atoms with Crippen LogP contribution in [0.2, 0.25) is 0 Å². The zero-order valence-electron chi connectivity index (χ0n) is 12.0. The molecule has 1 aromatic rings. The number of aliphatic carboxylic acids is 1. The number of hydrogen-bond donors (Lipinski definition) is 1. The predicted octanol–water partition coefficient (Wildman–Crippen LogP) is 2.33. The number of carboxylic acids is 1. The van der Waals surface area contributed by atoms with Crippen LogP contribution < -0.4 is 0 Å². The second kappa shape index (κ2) is 7.28. The minimum absolute atomic E-state index is 0.0561. The van der Waals surface area contributed by atoms with E-state index in [9.17, 15) is 19.5 Å². The number of likely N-dealkylation sites (tertiary alicyclic amines) is 1. The maximum absolute atomic E-state index is 12.1. The molecule has 1 heterocycles. The number of carboxylic acid groups (broad SMARTS) is 1. The van der Waals surface area contributed by atoms with E-state index in [0.29, 0.717) is 6.54 Å². The molecule has 0 saturated carbocycles. The quantitative estimate of drug-likeness (QED) is 0.841. The van der Waals surface area contributed by atoms with E-state index >= 15 is 0 Å². The molecule has 0 aromatic heterocycles. The number of carbonyl (C=O) groups is 3. The summed E-state index contributed by atoms with van der Waals surface area (Å²) in [5, 5.41) is 9.25. The molecular weight excluding hydrogens is 370 g/mol. The van der Waals surface area contributed by atoms with Crippen molar-refractivity contribution in [2.24, 2.45) is 0 Å². The Morgan fingerprint density at radius 2 is 2.05 bits per heavy atom. The molecule has 0 spiro atoms. The van der Waals surface area contributed by atoms with Gasteiger partial charge in [0.15, 0.2) is 5.12 Å². The van der Waals surface area contributed by atoms with E-state index in [4.69, 9.17) is 0 Å². The Morgan fingerprint density at radius 3 is 2.59 bits per heavy atom. The molecule has 1 amide bonds. The standard InChI is InChI=1S/C15H16BrNO4S/c1-9(18)22-12-7-14(19)17(8-12)13(15(20)21)6-10-2-4-11(16)5-3-10/h2-5,12-13H,6-8H2,1H3,(H,20,21)/t12?,13-/m0/s1. The highest BCUT2D eigenvalue weighted by Gasteiger charge is 2.38. The molecule has 1 N–H and O–H groups in total. The number of nitrogens with zero attached hydrogens (tertiary/aromatic N) is 1. The highest BCUT2D eigenvalue weighted by Crippen LogP contribution is 2.27. The number of thioether (sulfide) groups is 1. The van der Waals surface area contributed by atoms with Crippen LogP contribution in [-0.2, 0) is 20.8 Å². The van der Waals surface area contributed by atoms with Gasteiger partial charge in [0.2, 0.25) is 5.91 Å². The van der Waals surface area contributed by atoms with Crippen LogP contribution in [0, 0.1) is 0 Å². The smallest absolute Gasteiger partial charge is 0.326 e. The molecule has 1 aliphatic heterocycles. The summed E-state index contributed by atoms with van der Waals surface area (Å²) >= 11 is 4.44. The number of amides is 1. The van der Waals surface area contributed by atoms with E-state index in [1.54, 1.807) is 0 Å². The maximum Gasteiger partial charge on any atom is 0.326 e. The normalized spacial score (nSPS) is 19.3. The summed E-state index contributed by atoms with van der Waals surface area (Å²) in [5.41, 5.74) is 0.853. The minimum atomic E-state index is -1.02. The first-order valence-electron chi connectivity index (χ1n) is 6.80. The fraction of sp³-hybridized carbons (Fsp3) is 0.400. The molecular formula is C15H16BrNO4S. The summed E-state index contributed by atoms with van der Waals surface area (Å²) in [7, 11) is 0. The van der Waals surface area contributed by atoms with Crippen LogP contribution in [0.5, 0.6) is 0 Å². The van der Waals surface area contributed by atoms with Crippen LogP contribution in [0.3, 0.4) is 0 Å². The first-order chi connectivity index (χ1) is 10.4. The SMILES string of the molecule is CC(=O)SC1CC(=O)N([C@@H](Cc2ccc(Br)cc2)C(=O)O)C1. The first kappa shape index (κ1) is 17.0. The number of benzene rings is 1. The van der Waals surface area contributed by atoms with Crippen molar-refractivity contribution in [2.75, 3.05) is 6.54 Å². The van der Waals surface area contributed by atoms with Gasteiger partial charge in [-0.05, 0) is 17.7 Å². The Bertz CT molecular complexity index is 590. The third kappa shape index (κ3) is 4.33. The van der Waals surface area contributed by atoms with Crippen molar-refractivity contribution in [2.45, 2.75) is 31.1 Å². The number of rotatable bonds is 5. The highest BCUT2D eigenvalue weighted by atomic mass is 79.9. The van der Waals surface area contributed by atoms with E-state index in [1.165, 1.54) is 11.8 Å². The van der Waals surface area contributed by atoms with Gasteiger partial charge in [0.05, 0.1) is 0 Å². The van der Waals surface area contributed by atoms with Crippen molar-refractivity contribution in [1.82, 2.24) is 4.90 Å². The number of halogens is 1. The van der Waals surface area contributed by atoms with E-state index < -0.39 is 12.0 Å². The predicted molar refractivity (Wildman–Crippen MR) is 87.7 cm³/mol. The molecule has 0 aliphatic carbocycles. The fourth-order valence-corrected chi connectivity index (χ4v) is 3.68. The molecule has 2 atom stereocenters. The van der Waals surface area contributed by atoms with Crippen molar-refractivity contribution in [3.63, 3.8) is 0 Å². The average molecular weight is 386 g/mol.